The molecule has 1 atom stereocenters. The number of aromatic nitrogens is 1. The van der Waals surface area contributed by atoms with Crippen molar-refractivity contribution in [3.63, 3.8) is 0 Å². The Labute approximate surface area is 137 Å². The fourth-order valence-electron chi connectivity index (χ4n) is 2.63. The summed E-state index contributed by atoms with van der Waals surface area (Å²) in [4.78, 5) is 26.9. The van der Waals surface area contributed by atoms with Crippen LogP contribution in [0.1, 0.15) is 23.2 Å². The number of carboxylic acid groups (broad SMARTS) is 1. The van der Waals surface area contributed by atoms with Crippen LogP contribution >= 0.6 is 0 Å². The second-order valence-corrected chi connectivity index (χ2v) is 5.58. The molecule has 124 valence electrons. The number of hydrogen-bond acceptors (Lipinski definition) is 4. The van der Waals surface area contributed by atoms with E-state index in [9.17, 15) is 14.0 Å². The largest absolute Gasteiger partial charge is 0.478 e. The van der Waals surface area contributed by atoms with Crippen LogP contribution in [0.25, 0.3) is 11.3 Å². The van der Waals surface area contributed by atoms with Crippen molar-refractivity contribution >= 4 is 17.6 Å². The zero-order valence-electron chi connectivity index (χ0n) is 12.8. The molecule has 1 amide bonds. The maximum absolute atomic E-state index is 14.3. The number of carboxylic acids is 1. The summed E-state index contributed by atoms with van der Waals surface area (Å²) in [6, 6.07) is 6.72. The number of halogens is 1. The van der Waals surface area contributed by atoms with Crippen molar-refractivity contribution < 1.29 is 19.1 Å². The maximum Gasteiger partial charge on any atom is 0.335 e. The zero-order chi connectivity index (χ0) is 17.1. The van der Waals surface area contributed by atoms with E-state index in [1.165, 1.54) is 36.5 Å². The Morgan fingerprint density at radius 1 is 1.29 bits per heavy atom. The Morgan fingerprint density at radius 3 is 2.62 bits per heavy atom. The number of pyridine rings is 1. The molecule has 2 heterocycles. The summed E-state index contributed by atoms with van der Waals surface area (Å²) >= 11 is 0. The van der Waals surface area contributed by atoms with Crippen LogP contribution in [0.15, 0.2) is 36.5 Å². The van der Waals surface area contributed by atoms with Gasteiger partial charge in [-0.15, -0.1) is 0 Å². The van der Waals surface area contributed by atoms with Gasteiger partial charge in [0.15, 0.2) is 5.82 Å². The first-order chi connectivity index (χ1) is 11.5. The van der Waals surface area contributed by atoms with Gasteiger partial charge in [0, 0.05) is 11.6 Å². The highest BCUT2D eigenvalue weighted by Gasteiger charge is 2.22. The average molecular weight is 329 g/mol. The van der Waals surface area contributed by atoms with Crippen LogP contribution in [0.4, 0.5) is 10.1 Å². The lowest BCUT2D eigenvalue weighted by Gasteiger charge is -2.11. The molecule has 0 spiro atoms. The smallest absolute Gasteiger partial charge is 0.335 e. The molecule has 0 saturated carbocycles. The molecule has 7 heteroatoms. The van der Waals surface area contributed by atoms with Gasteiger partial charge in [0.2, 0.25) is 5.91 Å². The molecule has 1 aromatic carbocycles. The Morgan fingerprint density at radius 2 is 2.04 bits per heavy atom. The summed E-state index contributed by atoms with van der Waals surface area (Å²) in [5, 5.41) is 14.6. The molecular weight excluding hydrogens is 313 g/mol. The van der Waals surface area contributed by atoms with E-state index in [0.29, 0.717) is 5.56 Å². The van der Waals surface area contributed by atoms with Gasteiger partial charge < -0.3 is 15.7 Å². The molecular formula is C17H16FN3O3. The van der Waals surface area contributed by atoms with Gasteiger partial charge in [-0.25, -0.2) is 9.18 Å². The van der Waals surface area contributed by atoms with E-state index in [-0.39, 0.29) is 28.9 Å². The summed E-state index contributed by atoms with van der Waals surface area (Å²) in [6.45, 7) is 0.802. The standard InChI is InChI=1S/C17H16FN3O3/c18-13-8-12(21-16(22)14-2-1-7-19-14)9-20-15(13)10-3-5-11(6-4-10)17(23)24/h3-6,8-9,14,19H,1-2,7H2,(H,21,22)(H,23,24)/t14-/m1/s1. The first-order valence-electron chi connectivity index (χ1n) is 7.58. The lowest BCUT2D eigenvalue weighted by atomic mass is 10.1. The minimum Gasteiger partial charge on any atom is -0.478 e. The molecule has 1 aliphatic rings. The molecule has 1 saturated heterocycles. The van der Waals surface area contributed by atoms with Gasteiger partial charge in [-0.1, -0.05) is 12.1 Å². The summed E-state index contributed by atoms with van der Waals surface area (Å²) in [7, 11) is 0. The van der Waals surface area contributed by atoms with Gasteiger partial charge in [-0.3, -0.25) is 9.78 Å². The SMILES string of the molecule is O=C(O)c1ccc(-c2ncc(NC(=O)[C@H]3CCCN3)cc2F)cc1. The van der Waals surface area contributed by atoms with Crippen molar-refractivity contribution in [2.45, 2.75) is 18.9 Å². The number of benzene rings is 1. The molecule has 1 aliphatic heterocycles. The number of carbonyl (C=O) groups excluding carboxylic acids is 1. The third-order valence-electron chi connectivity index (χ3n) is 3.89. The topological polar surface area (TPSA) is 91.3 Å². The summed E-state index contributed by atoms with van der Waals surface area (Å²) in [5.41, 5.74) is 0.973. The van der Waals surface area contributed by atoms with E-state index in [0.717, 1.165) is 19.4 Å². The highest BCUT2D eigenvalue weighted by atomic mass is 19.1. The van der Waals surface area contributed by atoms with Gasteiger partial charge in [0.25, 0.3) is 0 Å². The van der Waals surface area contributed by atoms with E-state index >= 15 is 0 Å². The number of amides is 1. The molecule has 24 heavy (non-hydrogen) atoms. The first-order valence-corrected chi connectivity index (χ1v) is 7.58. The molecule has 6 nitrogen and oxygen atoms in total. The first kappa shape index (κ1) is 16.1. The highest BCUT2D eigenvalue weighted by Crippen LogP contribution is 2.23. The highest BCUT2D eigenvalue weighted by molar-refractivity contribution is 5.95. The van der Waals surface area contributed by atoms with Gasteiger partial charge in [-0.05, 0) is 31.5 Å². The lowest BCUT2D eigenvalue weighted by Crippen LogP contribution is -2.35. The predicted octanol–water partition coefficient (Wildman–Crippen LogP) is 2.28. The van der Waals surface area contributed by atoms with Crippen LogP contribution < -0.4 is 10.6 Å². The van der Waals surface area contributed by atoms with E-state index in [1.54, 1.807) is 0 Å². The zero-order valence-corrected chi connectivity index (χ0v) is 12.8. The Bertz CT molecular complexity index is 771. The fraction of sp³-hybridized carbons (Fsp3) is 0.235. The molecule has 0 bridgehead atoms. The number of nitrogens with one attached hydrogen (secondary N) is 2. The fourth-order valence-corrected chi connectivity index (χ4v) is 2.63. The number of hydrogen-bond donors (Lipinski definition) is 3. The molecule has 2 aromatic rings. The molecule has 0 unspecified atom stereocenters. The minimum atomic E-state index is -1.05. The Balaban J connectivity index is 1.76. The van der Waals surface area contributed by atoms with Crippen molar-refractivity contribution in [3.05, 3.63) is 47.9 Å². The molecule has 3 N–H and O–H groups in total. The number of anilines is 1. The summed E-state index contributed by atoms with van der Waals surface area (Å²) in [5.74, 6) is -1.84. The number of aromatic carboxylic acids is 1. The van der Waals surface area contributed by atoms with E-state index < -0.39 is 11.8 Å². The van der Waals surface area contributed by atoms with Crippen molar-refractivity contribution in [3.8, 4) is 11.3 Å². The van der Waals surface area contributed by atoms with Gasteiger partial charge in [0.05, 0.1) is 23.5 Å². The number of nitrogens with zero attached hydrogens (tertiary/aromatic N) is 1. The van der Waals surface area contributed by atoms with Crippen LogP contribution in [0.5, 0.6) is 0 Å². The van der Waals surface area contributed by atoms with Gasteiger partial charge >= 0.3 is 5.97 Å². The average Bonchev–Trinajstić information content (AvgIpc) is 3.10. The van der Waals surface area contributed by atoms with E-state index in [2.05, 4.69) is 15.6 Å². The molecule has 1 fully saturated rings. The van der Waals surface area contributed by atoms with Crippen LogP contribution in [-0.4, -0.2) is 34.6 Å². The van der Waals surface area contributed by atoms with Gasteiger partial charge in [-0.2, -0.15) is 0 Å². The summed E-state index contributed by atoms with van der Waals surface area (Å²) < 4.78 is 14.3. The molecule has 1 aromatic heterocycles. The quantitative estimate of drug-likeness (QED) is 0.800. The van der Waals surface area contributed by atoms with E-state index in [1.807, 2.05) is 0 Å². The Hall–Kier alpha value is -2.80. The molecule has 0 aliphatic carbocycles. The van der Waals surface area contributed by atoms with Gasteiger partial charge in [0.1, 0.15) is 5.69 Å². The van der Waals surface area contributed by atoms with Crippen molar-refractivity contribution in [2.24, 2.45) is 0 Å². The lowest BCUT2D eigenvalue weighted by molar-refractivity contribution is -0.117. The van der Waals surface area contributed by atoms with Crippen LogP contribution in [-0.2, 0) is 4.79 Å². The monoisotopic (exact) mass is 329 g/mol. The minimum absolute atomic E-state index is 0.101. The van der Waals surface area contributed by atoms with E-state index in [4.69, 9.17) is 5.11 Å². The third-order valence-corrected chi connectivity index (χ3v) is 3.89. The number of carbonyl (C=O) groups is 2. The summed E-state index contributed by atoms with van der Waals surface area (Å²) in [6.07, 6.45) is 3.09. The third kappa shape index (κ3) is 3.41. The Kier molecular flexibility index (Phi) is 4.52. The molecule has 3 rings (SSSR count). The normalized spacial score (nSPS) is 16.8. The second-order valence-electron chi connectivity index (χ2n) is 5.58. The second kappa shape index (κ2) is 6.76. The van der Waals surface area contributed by atoms with Crippen molar-refractivity contribution in [2.75, 3.05) is 11.9 Å². The maximum atomic E-state index is 14.3. The molecule has 0 radical (unpaired) electrons. The van der Waals surface area contributed by atoms with Crippen LogP contribution in [0.2, 0.25) is 0 Å². The van der Waals surface area contributed by atoms with Crippen LogP contribution in [0.3, 0.4) is 0 Å². The van der Waals surface area contributed by atoms with Crippen LogP contribution in [0, 0.1) is 5.82 Å². The van der Waals surface area contributed by atoms with Crippen molar-refractivity contribution in [1.29, 1.82) is 0 Å². The number of rotatable bonds is 4. The van der Waals surface area contributed by atoms with Crippen molar-refractivity contribution in [1.82, 2.24) is 10.3 Å². The predicted molar refractivity (Wildman–Crippen MR) is 86.2 cm³/mol.